The van der Waals surface area contributed by atoms with Crippen molar-refractivity contribution in [2.75, 3.05) is 7.11 Å². The number of methoxy groups -OCH3 is 1. The molecule has 0 spiro atoms. The SMILES string of the molecule is COc1cc2c(c3oc4ccc(F)cc4c(=O)c13)[C@@H](OC(=O)[C@@]13CCC(C)(C(=O)O1)C3(C)C)[C@@H](OC(=O)[C@@]13CCC(C)(C(=O)O1)C3(C)C)C(C)(C)O2. The van der Waals surface area contributed by atoms with Gasteiger partial charge in [-0.15, -0.1) is 0 Å². The van der Waals surface area contributed by atoms with Gasteiger partial charge in [0.25, 0.3) is 0 Å². The molecule has 4 fully saturated rings. The lowest BCUT2D eigenvalue weighted by Crippen LogP contribution is -2.57. The summed E-state index contributed by atoms with van der Waals surface area (Å²) in [6.07, 6.45) is -1.79. The standard InChI is InChI=1S/C39H41FO12/c1-33(2)28(49-32(45)39-15-13-37(8,30(43)52-39)35(39,5)6)27(48-31(44)38-14-12-36(7,29(42)51-38)34(38,3)4)24-22(50-33)17-21(46-9)23-25(41)19-16-18(40)10-11-20(19)47-26(23)24/h10-11,16-17,27-28H,12-15H2,1-9H3/t27-,28-,36?,37?,38-,39-/m1/s1. The van der Waals surface area contributed by atoms with E-state index in [9.17, 15) is 28.4 Å². The molecule has 0 amide bonds. The quantitative estimate of drug-likeness (QED) is 0.172. The smallest absolute Gasteiger partial charge is 0.351 e. The summed E-state index contributed by atoms with van der Waals surface area (Å²) in [4.78, 5) is 69.6. The summed E-state index contributed by atoms with van der Waals surface area (Å²) >= 11 is 0. The Morgan fingerprint density at radius 1 is 0.769 bits per heavy atom. The maximum Gasteiger partial charge on any atom is 0.351 e. The highest BCUT2D eigenvalue weighted by Crippen LogP contribution is 2.68. The van der Waals surface area contributed by atoms with Crippen LogP contribution in [0.25, 0.3) is 21.9 Å². The molecule has 6 atom stereocenters. The van der Waals surface area contributed by atoms with E-state index in [0.29, 0.717) is 12.8 Å². The molecule has 3 aliphatic heterocycles. The molecule has 52 heavy (non-hydrogen) atoms. The Bertz CT molecular complexity index is 2240. The zero-order valence-electron chi connectivity index (χ0n) is 30.6. The highest BCUT2D eigenvalue weighted by atomic mass is 19.1. The number of hydrogen-bond acceptors (Lipinski definition) is 12. The van der Waals surface area contributed by atoms with Crippen molar-refractivity contribution in [2.24, 2.45) is 21.7 Å². The molecule has 1 aromatic heterocycles. The third-order valence-electron chi connectivity index (χ3n) is 14.0. The first-order valence-electron chi connectivity index (χ1n) is 17.5. The molecule has 2 saturated heterocycles. The Kier molecular flexibility index (Phi) is 6.65. The zero-order valence-corrected chi connectivity index (χ0v) is 30.6. The van der Waals surface area contributed by atoms with E-state index >= 15 is 0 Å². The number of rotatable bonds is 5. The van der Waals surface area contributed by atoms with Crippen molar-refractivity contribution in [3.05, 3.63) is 45.9 Å². The number of halogens is 1. The Hall–Kier alpha value is -4.68. The third-order valence-corrected chi connectivity index (χ3v) is 14.0. The van der Waals surface area contributed by atoms with Crippen molar-refractivity contribution >= 4 is 45.8 Å². The average Bonchev–Trinajstić information content (AvgIpc) is 3.53. The van der Waals surface area contributed by atoms with E-state index < -0.39 is 85.8 Å². The molecule has 8 rings (SSSR count). The van der Waals surface area contributed by atoms with E-state index in [0.717, 1.165) is 12.1 Å². The van der Waals surface area contributed by atoms with Gasteiger partial charge in [-0.1, -0.05) is 27.7 Å². The van der Waals surface area contributed by atoms with Crippen LogP contribution in [0.4, 0.5) is 4.39 Å². The lowest BCUT2D eigenvalue weighted by atomic mass is 9.66. The number of fused-ring (bicyclic) bond motifs is 8. The number of ether oxygens (including phenoxy) is 6. The van der Waals surface area contributed by atoms with Crippen molar-refractivity contribution in [1.82, 2.24) is 0 Å². The fourth-order valence-corrected chi connectivity index (χ4v) is 9.48. The van der Waals surface area contributed by atoms with Crippen LogP contribution in [0.2, 0.25) is 0 Å². The van der Waals surface area contributed by atoms with Gasteiger partial charge in [-0.2, -0.15) is 0 Å². The fourth-order valence-electron chi connectivity index (χ4n) is 9.48. The van der Waals surface area contributed by atoms with Crippen molar-refractivity contribution in [3.8, 4) is 11.5 Å². The van der Waals surface area contributed by atoms with Crippen LogP contribution in [0.15, 0.2) is 33.5 Å². The minimum absolute atomic E-state index is 0.0255. The second-order valence-electron chi connectivity index (χ2n) is 17.0. The predicted molar refractivity (Wildman–Crippen MR) is 180 cm³/mol. The molecular weight excluding hydrogens is 679 g/mol. The second kappa shape index (κ2) is 10.0. The summed E-state index contributed by atoms with van der Waals surface area (Å²) < 4.78 is 57.3. The molecule has 4 bridgehead atoms. The number of carbonyl (C=O) groups excluding carboxylic acids is 4. The topological polar surface area (TPSA) is 154 Å². The van der Waals surface area contributed by atoms with Gasteiger partial charge in [0.05, 0.1) is 28.9 Å². The Morgan fingerprint density at radius 3 is 1.83 bits per heavy atom. The van der Waals surface area contributed by atoms with Gasteiger partial charge in [0.15, 0.2) is 17.8 Å². The number of esters is 4. The van der Waals surface area contributed by atoms with Gasteiger partial charge < -0.3 is 32.8 Å². The molecule has 2 unspecified atom stereocenters. The minimum atomic E-state index is -1.68. The molecule has 0 radical (unpaired) electrons. The van der Waals surface area contributed by atoms with Gasteiger partial charge in [0, 0.05) is 16.9 Å². The van der Waals surface area contributed by atoms with Crippen LogP contribution in [0.1, 0.15) is 92.7 Å². The predicted octanol–water partition coefficient (Wildman–Crippen LogP) is 6.00. The van der Waals surface area contributed by atoms with Gasteiger partial charge in [0.2, 0.25) is 16.6 Å². The largest absolute Gasteiger partial charge is 0.496 e. The van der Waals surface area contributed by atoms with Crippen molar-refractivity contribution < 1.29 is 56.4 Å². The molecule has 4 heterocycles. The maximum absolute atomic E-state index is 14.7. The zero-order chi connectivity index (χ0) is 37.8. The molecular formula is C39H41FO12. The maximum atomic E-state index is 14.7. The highest BCUT2D eigenvalue weighted by molar-refractivity contribution is 5.98. The third kappa shape index (κ3) is 3.79. The molecule has 2 aromatic carbocycles. The molecule has 5 aliphatic rings. The van der Waals surface area contributed by atoms with E-state index in [2.05, 4.69) is 0 Å². The monoisotopic (exact) mass is 720 g/mol. The number of carbonyl (C=O) groups is 4. The van der Waals surface area contributed by atoms with Gasteiger partial charge in [0.1, 0.15) is 33.9 Å². The number of hydrogen-bond donors (Lipinski definition) is 0. The van der Waals surface area contributed by atoms with Crippen LogP contribution in [0, 0.1) is 27.5 Å². The molecule has 276 valence electrons. The van der Waals surface area contributed by atoms with E-state index in [1.807, 2.05) is 0 Å². The molecule has 12 nitrogen and oxygen atoms in total. The number of benzene rings is 2. The second-order valence-corrected chi connectivity index (χ2v) is 17.0. The van der Waals surface area contributed by atoms with Crippen LogP contribution < -0.4 is 14.9 Å². The normalized spacial score (nSPS) is 34.4. The van der Waals surface area contributed by atoms with E-state index in [1.54, 1.807) is 55.4 Å². The van der Waals surface area contributed by atoms with Crippen molar-refractivity contribution in [1.29, 1.82) is 0 Å². The Morgan fingerprint density at radius 2 is 1.33 bits per heavy atom. The Balaban J connectivity index is 1.33. The van der Waals surface area contributed by atoms with Crippen molar-refractivity contribution in [3.63, 3.8) is 0 Å². The first-order valence-corrected chi connectivity index (χ1v) is 17.5. The Labute approximate surface area is 298 Å². The van der Waals surface area contributed by atoms with Crippen LogP contribution in [-0.2, 0) is 38.1 Å². The molecule has 13 heteroatoms. The van der Waals surface area contributed by atoms with Gasteiger partial charge in [-0.05, 0) is 71.6 Å². The molecule has 2 saturated carbocycles. The lowest BCUT2D eigenvalue weighted by molar-refractivity contribution is -0.217. The molecule has 3 aromatic rings. The van der Waals surface area contributed by atoms with Crippen molar-refractivity contribution in [2.45, 2.75) is 110 Å². The van der Waals surface area contributed by atoms with Crippen LogP contribution in [-0.4, -0.2) is 53.9 Å². The summed E-state index contributed by atoms with van der Waals surface area (Å²) in [5.41, 5.74) is -9.28. The highest BCUT2D eigenvalue weighted by Gasteiger charge is 2.78. The fraction of sp³-hybridized carbons (Fsp3) is 0.564. The van der Waals surface area contributed by atoms with E-state index in [1.165, 1.54) is 19.2 Å². The first-order chi connectivity index (χ1) is 24.1. The average molecular weight is 721 g/mol. The summed E-state index contributed by atoms with van der Waals surface area (Å²) in [6, 6.07) is 4.92. The van der Waals surface area contributed by atoms with E-state index in [-0.39, 0.29) is 51.8 Å². The van der Waals surface area contributed by atoms with Gasteiger partial charge in [-0.25, -0.2) is 14.0 Å². The molecule has 2 aliphatic carbocycles. The summed E-state index contributed by atoms with van der Waals surface area (Å²) in [5, 5.41) is -0.152. The summed E-state index contributed by atoms with van der Waals surface area (Å²) in [7, 11) is 1.35. The molecule has 0 N–H and O–H groups in total. The summed E-state index contributed by atoms with van der Waals surface area (Å²) in [6.45, 7) is 13.9. The van der Waals surface area contributed by atoms with E-state index in [4.69, 9.17) is 32.8 Å². The van der Waals surface area contributed by atoms with Crippen LogP contribution in [0.5, 0.6) is 11.5 Å². The van der Waals surface area contributed by atoms with Gasteiger partial charge in [-0.3, -0.25) is 14.4 Å². The minimum Gasteiger partial charge on any atom is -0.496 e. The summed E-state index contributed by atoms with van der Waals surface area (Å²) in [5.74, 6) is -3.28. The first kappa shape index (κ1) is 34.4. The van der Waals surface area contributed by atoms with Gasteiger partial charge >= 0.3 is 23.9 Å². The van der Waals surface area contributed by atoms with Crippen LogP contribution in [0.3, 0.4) is 0 Å². The lowest BCUT2D eigenvalue weighted by Gasteiger charge is -2.46. The van der Waals surface area contributed by atoms with Crippen LogP contribution >= 0.6 is 0 Å².